The van der Waals surface area contributed by atoms with Crippen LogP contribution in [0.15, 0.2) is 77.9 Å². The van der Waals surface area contributed by atoms with Crippen molar-refractivity contribution in [3.8, 4) is 0 Å². The molecule has 0 saturated carbocycles. The fraction of sp³-hybridized carbons (Fsp3) is 0.0952. The van der Waals surface area contributed by atoms with Crippen molar-refractivity contribution in [2.24, 2.45) is 5.10 Å². The van der Waals surface area contributed by atoms with E-state index in [9.17, 15) is 17.2 Å². The van der Waals surface area contributed by atoms with Gasteiger partial charge in [-0.3, -0.25) is 0 Å². The van der Waals surface area contributed by atoms with E-state index >= 15 is 0 Å². The average Bonchev–Trinajstić information content (AvgIpc) is 2.78. The van der Waals surface area contributed by atoms with Crippen molar-refractivity contribution < 1.29 is 17.2 Å². The van der Waals surface area contributed by atoms with E-state index in [4.69, 9.17) is 0 Å². The predicted octanol–water partition coefficient (Wildman–Crippen LogP) is 4.06. The first-order valence-electron chi connectivity index (χ1n) is 8.60. The molecule has 4 rings (SSSR count). The summed E-state index contributed by atoms with van der Waals surface area (Å²) >= 11 is 0. The van der Waals surface area contributed by atoms with Crippen LogP contribution in [0.5, 0.6) is 0 Å². The number of nitrogens with zero attached hydrogens (tertiary/aromatic N) is 2. The molecule has 0 unspecified atom stereocenters. The summed E-state index contributed by atoms with van der Waals surface area (Å²) in [6, 6.07) is 18.5. The molecule has 0 atom stereocenters. The van der Waals surface area contributed by atoms with Crippen LogP contribution in [0, 0.1) is 11.6 Å². The largest absolute Gasteiger partial charge is 0.254 e. The second-order valence-electron chi connectivity index (χ2n) is 6.48. The van der Waals surface area contributed by atoms with E-state index in [0.29, 0.717) is 16.7 Å². The van der Waals surface area contributed by atoms with E-state index in [1.165, 1.54) is 42.5 Å². The van der Waals surface area contributed by atoms with Crippen LogP contribution in [0.25, 0.3) is 0 Å². The molecule has 0 fully saturated rings. The van der Waals surface area contributed by atoms with Crippen LogP contribution < -0.4 is 0 Å². The van der Waals surface area contributed by atoms with Gasteiger partial charge in [-0.15, -0.1) is 0 Å². The standard InChI is InChI=1S/C21H16F2N2O2S/c22-18-9-6-16(7-10-18)21-20-12-19(23)11-8-17(20)14-28(26,27)25(24-21)13-15-4-2-1-3-5-15/h1-12H,13-14H2. The highest BCUT2D eigenvalue weighted by Gasteiger charge is 2.29. The monoisotopic (exact) mass is 398 g/mol. The molecule has 0 aliphatic carbocycles. The van der Waals surface area contributed by atoms with Crippen LogP contribution in [0.4, 0.5) is 8.78 Å². The lowest BCUT2D eigenvalue weighted by Gasteiger charge is -2.18. The summed E-state index contributed by atoms with van der Waals surface area (Å²) in [5.41, 5.74) is 2.38. The zero-order valence-corrected chi connectivity index (χ0v) is 15.5. The summed E-state index contributed by atoms with van der Waals surface area (Å²) in [5.74, 6) is -1.22. The van der Waals surface area contributed by atoms with Crippen LogP contribution in [-0.4, -0.2) is 18.5 Å². The van der Waals surface area contributed by atoms with Crippen LogP contribution in [0.1, 0.15) is 22.3 Å². The van der Waals surface area contributed by atoms with Crippen molar-refractivity contribution >= 4 is 15.7 Å². The van der Waals surface area contributed by atoms with Gasteiger partial charge in [-0.05, 0) is 47.5 Å². The molecule has 3 aromatic rings. The van der Waals surface area contributed by atoms with Crippen molar-refractivity contribution in [3.05, 3.63) is 107 Å². The Kier molecular flexibility index (Phi) is 4.68. The summed E-state index contributed by atoms with van der Waals surface area (Å²) in [6.45, 7) is 0.0460. The topological polar surface area (TPSA) is 49.7 Å². The van der Waals surface area contributed by atoms with Gasteiger partial charge in [-0.25, -0.2) is 17.2 Å². The highest BCUT2D eigenvalue weighted by atomic mass is 32.2. The minimum absolute atomic E-state index is 0.0460. The molecule has 1 aliphatic rings. The molecule has 0 aromatic heterocycles. The van der Waals surface area contributed by atoms with Crippen molar-refractivity contribution in [1.82, 2.24) is 4.41 Å². The zero-order chi connectivity index (χ0) is 19.7. The SMILES string of the molecule is O=S1(=O)Cc2ccc(F)cc2C(c2ccc(F)cc2)=NN1Cc1ccccc1. The zero-order valence-electron chi connectivity index (χ0n) is 14.7. The number of hydrogen-bond acceptors (Lipinski definition) is 3. The van der Waals surface area contributed by atoms with Gasteiger partial charge in [0.05, 0.1) is 18.0 Å². The van der Waals surface area contributed by atoms with Crippen molar-refractivity contribution in [1.29, 1.82) is 0 Å². The average molecular weight is 398 g/mol. The second kappa shape index (κ2) is 7.16. The third-order valence-electron chi connectivity index (χ3n) is 4.48. The van der Waals surface area contributed by atoms with Crippen LogP contribution in [0.2, 0.25) is 0 Å². The number of benzene rings is 3. The highest BCUT2D eigenvalue weighted by molar-refractivity contribution is 7.88. The number of rotatable bonds is 3. The Bertz CT molecular complexity index is 1140. The molecular formula is C21H16F2N2O2S. The molecule has 4 nitrogen and oxygen atoms in total. The van der Waals surface area contributed by atoms with Gasteiger partial charge in [0, 0.05) is 11.1 Å². The first-order valence-corrected chi connectivity index (χ1v) is 10.2. The molecule has 1 heterocycles. The number of sulfonamides is 1. The smallest absolute Gasteiger partial charge is 0.207 e. The predicted molar refractivity (Wildman–Crippen MR) is 103 cm³/mol. The third-order valence-corrected chi connectivity index (χ3v) is 6.00. The Morgan fingerprint density at radius 1 is 0.893 bits per heavy atom. The summed E-state index contributed by atoms with van der Waals surface area (Å²) in [5, 5.41) is 4.38. The normalized spacial score (nSPS) is 15.5. The summed E-state index contributed by atoms with van der Waals surface area (Å²) in [7, 11) is -3.78. The van der Waals surface area contributed by atoms with Crippen LogP contribution >= 0.6 is 0 Å². The Labute approximate surface area is 161 Å². The van der Waals surface area contributed by atoms with Gasteiger partial charge in [0.1, 0.15) is 11.6 Å². The molecule has 7 heteroatoms. The van der Waals surface area contributed by atoms with Gasteiger partial charge in [0.2, 0.25) is 0 Å². The summed E-state index contributed by atoms with van der Waals surface area (Å²) in [4.78, 5) is 0. The quantitative estimate of drug-likeness (QED) is 0.668. The lowest BCUT2D eigenvalue weighted by molar-refractivity contribution is 0.427. The Balaban J connectivity index is 1.89. The van der Waals surface area contributed by atoms with E-state index in [2.05, 4.69) is 5.10 Å². The molecule has 3 aromatic carbocycles. The molecule has 0 radical (unpaired) electrons. The maximum atomic E-state index is 13.9. The minimum Gasteiger partial charge on any atom is -0.207 e. The molecule has 28 heavy (non-hydrogen) atoms. The lowest BCUT2D eigenvalue weighted by atomic mass is 9.98. The van der Waals surface area contributed by atoms with Crippen molar-refractivity contribution in [2.45, 2.75) is 12.3 Å². The van der Waals surface area contributed by atoms with Gasteiger partial charge in [0.25, 0.3) is 10.0 Å². The fourth-order valence-corrected chi connectivity index (χ4v) is 4.43. The maximum absolute atomic E-state index is 13.9. The highest BCUT2D eigenvalue weighted by Crippen LogP contribution is 2.26. The number of halogens is 2. The Morgan fingerprint density at radius 3 is 2.29 bits per heavy atom. The molecule has 0 bridgehead atoms. The summed E-state index contributed by atoms with van der Waals surface area (Å²) < 4.78 is 54.2. The first kappa shape index (κ1) is 18.3. The second-order valence-corrected chi connectivity index (χ2v) is 8.35. The molecule has 1 aliphatic heterocycles. The molecule has 0 amide bonds. The van der Waals surface area contributed by atoms with E-state index in [1.807, 2.05) is 18.2 Å². The van der Waals surface area contributed by atoms with Gasteiger partial charge < -0.3 is 0 Å². The number of hydrogen-bond donors (Lipinski definition) is 0. The molecule has 0 N–H and O–H groups in total. The van der Waals surface area contributed by atoms with E-state index in [0.717, 1.165) is 9.98 Å². The minimum atomic E-state index is -3.78. The van der Waals surface area contributed by atoms with Crippen LogP contribution in [-0.2, 0) is 22.3 Å². The third kappa shape index (κ3) is 3.66. The fourth-order valence-electron chi connectivity index (χ4n) is 3.09. The number of fused-ring (bicyclic) bond motifs is 1. The molecular weight excluding hydrogens is 382 g/mol. The van der Waals surface area contributed by atoms with Crippen molar-refractivity contribution in [3.63, 3.8) is 0 Å². The van der Waals surface area contributed by atoms with E-state index in [1.54, 1.807) is 12.1 Å². The van der Waals surface area contributed by atoms with Gasteiger partial charge in [0.15, 0.2) is 0 Å². The number of hydrazone groups is 1. The maximum Gasteiger partial charge on any atom is 0.254 e. The van der Waals surface area contributed by atoms with Gasteiger partial charge >= 0.3 is 0 Å². The van der Waals surface area contributed by atoms with Gasteiger partial charge in [-0.2, -0.15) is 9.52 Å². The Hall–Kier alpha value is -3.06. The van der Waals surface area contributed by atoms with Gasteiger partial charge in [-0.1, -0.05) is 36.4 Å². The molecule has 0 spiro atoms. The lowest BCUT2D eigenvalue weighted by Crippen LogP contribution is -2.26. The molecule has 142 valence electrons. The van der Waals surface area contributed by atoms with E-state index < -0.39 is 21.7 Å². The molecule has 0 saturated heterocycles. The Morgan fingerprint density at radius 2 is 1.57 bits per heavy atom. The van der Waals surface area contributed by atoms with Crippen LogP contribution in [0.3, 0.4) is 0 Å². The van der Waals surface area contributed by atoms with Crippen molar-refractivity contribution in [2.75, 3.05) is 0 Å². The summed E-state index contributed by atoms with van der Waals surface area (Å²) in [6.07, 6.45) is 0. The first-order chi connectivity index (χ1) is 13.4. The van der Waals surface area contributed by atoms with E-state index in [-0.39, 0.29) is 18.0 Å².